The van der Waals surface area contributed by atoms with Crippen molar-refractivity contribution in [2.45, 2.75) is 6.54 Å². The molecule has 6 nitrogen and oxygen atoms in total. The van der Waals surface area contributed by atoms with Gasteiger partial charge in [-0.1, -0.05) is 29.4 Å². The van der Waals surface area contributed by atoms with E-state index in [4.69, 9.17) is 9.26 Å². The highest BCUT2D eigenvalue weighted by molar-refractivity contribution is 5.70. The van der Waals surface area contributed by atoms with Crippen molar-refractivity contribution in [2.75, 3.05) is 12.4 Å². The molecular weight excluding hydrogens is 359 g/mol. The summed E-state index contributed by atoms with van der Waals surface area (Å²) in [6, 6.07) is 17.4. The molecule has 1 N–H and O–H groups in total. The van der Waals surface area contributed by atoms with Gasteiger partial charge in [-0.05, 0) is 42.0 Å². The Morgan fingerprint density at radius 2 is 1.93 bits per heavy atom. The number of benzene rings is 2. The van der Waals surface area contributed by atoms with Crippen LogP contribution in [0.5, 0.6) is 5.75 Å². The maximum Gasteiger partial charge on any atom is 0.261 e. The fourth-order valence-corrected chi connectivity index (χ4v) is 2.73. The number of halogens is 1. The second-order valence-electron chi connectivity index (χ2n) is 6.03. The molecule has 0 fully saturated rings. The molecule has 0 amide bonds. The first-order valence-electron chi connectivity index (χ1n) is 8.65. The average Bonchev–Trinajstić information content (AvgIpc) is 3.23. The lowest BCUT2D eigenvalue weighted by Gasteiger charge is -2.09. The standard InChI is InChI=1S/C21H17FN4O2/c1-27-17-9-7-14(8-10-17)13-24-20-18(6-3-11-23-20)21-25-19(26-28-21)15-4-2-5-16(22)12-15/h2-12H,13H2,1H3,(H,23,24). The number of hydrogen-bond acceptors (Lipinski definition) is 6. The third-order valence-corrected chi connectivity index (χ3v) is 4.17. The molecule has 0 bridgehead atoms. The van der Waals surface area contributed by atoms with Gasteiger partial charge in [0.05, 0.1) is 12.7 Å². The smallest absolute Gasteiger partial charge is 0.261 e. The van der Waals surface area contributed by atoms with Gasteiger partial charge in [0, 0.05) is 18.3 Å². The lowest BCUT2D eigenvalue weighted by molar-refractivity contribution is 0.414. The molecule has 4 rings (SSSR count). The minimum Gasteiger partial charge on any atom is -0.497 e. The van der Waals surface area contributed by atoms with E-state index in [-0.39, 0.29) is 5.82 Å². The SMILES string of the molecule is COc1ccc(CNc2ncccc2-c2nc(-c3cccc(F)c3)no2)cc1. The van der Waals surface area contributed by atoms with E-state index in [1.54, 1.807) is 31.5 Å². The number of nitrogens with zero attached hydrogens (tertiary/aromatic N) is 3. The molecular formula is C21H17FN4O2. The van der Waals surface area contributed by atoms with Gasteiger partial charge in [-0.2, -0.15) is 4.98 Å². The number of methoxy groups -OCH3 is 1. The van der Waals surface area contributed by atoms with E-state index in [1.165, 1.54) is 12.1 Å². The number of nitrogens with one attached hydrogen (secondary N) is 1. The number of ether oxygens (including phenoxy) is 1. The largest absolute Gasteiger partial charge is 0.497 e. The molecule has 0 spiro atoms. The summed E-state index contributed by atoms with van der Waals surface area (Å²) in [5, 5.41) is 7.24. The van der Waals surface area contributed by atoms with Crippen LogP contribution in [-0.2, 0) is 6.54 Å². The maximum atomic E-state index is 13.4. The van der Waals surface area contributed by atoms with E-state index >= 15 is 0 Å². The molecule has 28 heavy (non-hydrogen) atoms. The molecule has 0 aliphatic heterocycles. The van der Waals surface area contributed by atoms with Gasteiger partial charge in [-0.15, -0.1) is 0 Å². The zero-order valence-electron chi connectivity index (χ0n) is 15.1. The molecule has 0 unspecified atom stereocenters. The van der Waals surface area contributed by atoms with Crippen molar-refractivity contribution in [1.29, 1.82) is 0 Å². The molecule has 2 aromatic carbocycles. The van der Waals surface area contributed by atoms with Gasteiger partial charge in [0.25, 0.3) is 5.89 Å². The van der Waals surface area contributed by atoms with Crippen molar-refractivity contribution in [3.8, 4) is 28.6 Å². The van der Waals surface area contributed by atoms with E-state index in [0.717, 1.165) is 11.3 Å². The van der Waals surface area contributed by atoms with Crippen molar-refractivity contribution >= 4 is 5.82 Å². The number of hydrogen-bond donors (Lipinski definition) is 1. The monoisotopic (exact) mass is 376 g/mol. The lowest BCUT2D eigenvalue weighted by Crippen LogP contribution is -2.03. The van der Waals surface area contributed by atoms with Crippen LogP contribution in [0, 0.1) is 5.82 Å². The topological polar surface area (TPSA) is 73.1 Å². The summed E-state index contributed by atoms with van der Waals surface area (Å²) in [7, 11) is 1.63. The van der Waals surface area contributed by atoms with Gasteiger partial charge in [0.2, 0.25) is 5.82 Å². The van der Waals surface area contributed by atoms with Gasteiger partial charge in [-0.25, -0.2) is 9.37 Å². The van der Waals surface area contributed by atoms with E-state index in [0.29, 0.717) is 35.2 Å². The van der Waals surface area contributed by atoms with E-state index in [9.17, 15) is 4.39 Å². The highest BCUT2D eigenvalue weighted by atomic mass is 19.1. The summed E-state index contributed by atoms with van der Waals surface area (Å²) in [4.78, 5) is 8.77. The van der Waals surface area contributed by atoms with E-state index in [1.807, 2.05) is 30.3 Å². The van der Waals surface area contributed by atoms with Gasteiger partial charge < -0.3 is 14.6 Å². The first-order chi connectivity index (χ1) is 13.7. The van der Waals surface area contributed by atoms with Crippen LogP contribution in [0.2, 0.25) is 0 Å². The third kappa shape index (κ3) is 3.83. The second-order valence-corrected chi connectivity index (χ2v) is 6.03. The number of pyridine rings is 1. The normalized spacial score (nSPS) is 10.6. The lowest BCUT2D eigenvalue weighted by atomic mass is 10.2. The Kier molecular flexibility index (Phi) is 4.97. The molecule has 4 aromatic rings. The zero-order valence-corrected chi connectivity index (χ0v) is 15.1. The number of rotatable bonds is 6. The van der Waals surface area contributed by atoms with Crippen LogP contribution in [0.4, 0.5) is 10.2 Å². The molecule has 0 saturated carbocycles. The molecule has 2 heterocycles. The zero-order chi connectivity index (χ0) is 19.3. The Morgan fingerprint density at radius 3 is 2.71 bits per heavy atom. The summed E-state index contributed by atoms with van der Waals surface area (Å²) < 4.78 is 24.0. The van der Waals surface area contributed by atoms with Gasteiger partial charge in [-0.3, -0.25) is 0 Å². The van der Waals surface area contributed by atoms with Crippen molar-refractivity contribution in [3.63, 3.8) is 0 Å². The quantitative estimate of drug-likeness (QED) is 0.532. The van der Waals surface area contributed by atoms with Crippen LogP contribution >= 0.6 is 0 Å². The van der Waals surface area contributed by atoms with E-state index < -0.39 is 0 Å². The molecule has 2 aromatic heterocycles. The highest BCUT2D eigenvalue weighted by Gasteiger charge is 2.15. The molecule has 0 aliphatic carbocycles. The molecule has 140 valence electrons. The molecule has 0 saturated heterocycles. The molecule has 0 aliphatic rings. The van der Waals surface area contributed by atoms with Crippen LogP contribution in [0.3, 0.4) is 0 Å². The fourth-order valence-electron chi connectivity index (χ4n) is 2.73. The summed E-state index contributed by atoms with van der Waals surface area (Å²) in [5.41, 5.74) is 2.29. The maximum absolute atomic E-state index is 13.4. The fraction of sp³-hybridized carbons (Fsp3) is 0.0952. The first kappa shape index (κ1) is 17.7. The van der Waals surface area contributed by atoms with Gasteiger partial charge in [0.1, 0.15) is 17.4 Å². The van der Waals surface area contributed by atoms with Gasteiger partial charge in [0.15, 0.2) is 0 Å². The third-order valence-electron chi connectivity index (χ3n) is 4.17. The van der Waals surface area contributed by atoms with Crippen LogP contribution in [0.1, 0.15) is 5.56 Å². The summed E-state index contributed by atoms with van der Waals surface area (Å²) in [6.07, 6.45) is 1.68. The van der Waals surface area contributed by atoms with Crippen molar-refractivity contribution < 1.29 is 13.7 Å². The Balaban J connectivity index is 1.56. The molecule has 7 heteroatoms. The Hall–Kier alpha value is -3.74. The Morgan fingerprint density at radius 1 is 1.07 bits per heavy atom. The predicted molar refractivity (Wildman–Crippen MR) is 103 cm³/mol. The van der Waals surface area contributed by atoms with Crippen molar-refractivity contribution in [1.82, 2.24) is 15.1 Å². The number of aromatic nitrogens is 3. The van der Waals surface area contributed by atoms with Crippen molar-refractivity contribution in [3.05, 3.63) is 78.2 Å². The van der Waals surface area contributed by atoms with Crippen molar-refractivity contribution in [2.24, 2.45) is 0 Å². The summed E-state index contributed by atoms with van der Waals surface area (Å²) in [5.74, 6) is 1.70. The van der Waals surface area contributed by atoms with Gasteiger partial charge >= 0.3 is 0 Å². The van der Waals surface area contributed by atoms with Crippen LogP contribution < -0.4 is 10.1 Å². The summed E-state index contributed by atoms with van der Waals surface area (Å²) in [6.45, 7) is 0.568. The number of anilines is 1. The van der Waals surface area contributed by atoms with Crippen LogP contribution in [-0.4, -0.2) is 22.2 Å². The second kappa shape index (κ2) is 7.87. The minimum atomic E-state index is -0.355. The molecule has 0 radical (unpaired) electrons. The summed E-state index contributed by atoms with van der Waals surface area (Å²) >= 11 is 0. The van der Waals surface area contributed by atoms with Crippen LogP contribution in [0.25, 0.3) is 22.8 Å². The minimum absolute atomic E-state index is 0.310. The predicted octanol–water partition coefficient (Wildman–Crippen LogP) is 4.56. The average molecular weight is 376 g/mol. The molecule has 0 atom stereocenters. The first-order valence-corrected chi connectivity index (χ1v) is 8.65. The Labute approximate surface area is 161 Å². The Bertz CT molecular complexity index is 1080. The van der Waals surface area contributed by atoms with E-state index in [2.05, 4.69) is 20.4 Å². The van der Waals surface area contributed by atoms with Crippen LogP contribution in [0.15, 0.2) is 71.4 Å². The highest BCUT2D eigenvalue weighted by Crippen LogP contribution is 2.27.